The summed E-state index contributed by atoms with van der Waals surface area (Å²) in [4.78, 5) is 7.81. The van der Waals surface area contributed by atoms with Crippen LogP contribution in [-0.2, 0) is 0 Å². The number of hydrogen-bond donors (Lipinski definition) is 1. The molecule has 1 N–H and O–H groups in total. The average Bonchev–Trinajstić information content (AvgIpc) is 2.67. The molecule has 0 radical (unpaired) electrons. The molecule has 0 bridgehead atoms. The van der Waals surface area contributed by atoms with E-state index in [0.717, 1.165) is 34.9 Å². The zero-order valence-corrected chi connectivity index (χ0v) is 12.4. The van der Waals surface area contributed by atoms with Crippen LogP contribution in [0.5, 0.6) is 0 Å². The molecule has 1 aromatic rings. The van der Waals surface area contributed by atoms with Gasteiger partial charge in [-0.15, -0.1) is 0 Å². The van der Waals surface area contributed by atoms with Gasteiger partial charge in [-0.1, -0.05) is 25.2 Å². The van der Waals surface area contributed by atoms with E-state index in [9.17, 15) is 5.11 Å². The second-order valence-electron chi connectivity index (χ2n) is 5.64. The third-order valence-corrected chi connectivity index (χ3v) is 5.14. The molecule has 2 atom stereocenters. The highest BCUT2D eigenvalue weighted by molar-refractivity contribution is 7.15. The first-order chi connectivity index (χ1) is 8.58. The molecule has 0 amide bonds. The molecule has 2 unspecified atom stereocenters. The van der Waals surface area contributed by atoms with Crippen molar-refractivity contribution in [1.29, 1.82) is 0 Å². The molecule has 0 aliphatic carbocycles. The van der Waals surface area contributed by atoms with E-state index >= 15 is 0 Å². The van der Waals surface area contributed by atoms with Crippen molar-refractivity contribution in [3.8, 4) is 0 Å². The number of aliphatic hydroxyl groups excluding tert-OH is 1. The summed E-state index contributed by atoms with van der Waals surface area (Å²) in [6, 6.07) is 0. The Morgan fingerprint density at radius 1 is 1.33 bits per heavy atom. The zero-order valence-electron chi connectivity index (χ0n) is 11.6. The number of anilines is 1. The number of rotatable bonds is 3. The Balaban J connectivity index is 2.00. The first-order valence-electron chi connectivity index (χ1n) is 6.96. The third kappa shape index (κ3) is 3.23. The van der Waals surface area contributed by atoms with Gasteiger partial charge in [-0.25, -0.2) is 4.98 Å². The largest absolute Gasteiger partial charge is 0.388 e. The van der Waals surface area contributed by atoms with Crippen LogP contribution >= 0.6 is 11.3 Å². The van der Waals surface area contributed by atoms with Crippen LogP contribution in [0, 0.1) is 11.8 Å². The summed E-state index contributed by atoms with van der Waals surface area (Å²) in [5.74, 6) is 1.64. The molecule has 1 saturated heterocycles. The van der Waals surface area contributed by atoms with Gasteiger partial charge in [-0.3, -0.25) is 0 Å². The van der Waals surface area contributed by atoms with E-state index < -0.39 is 6.10 Å². The summed E-state index contributed by atoms with van der Waals surface area (Å²) >= 11 is 1.63. The van der Waals surface area contributed by atoms with Gasteiger partial charge in [0, 0.05) is 19.3 Å². The van der Waals surface area contributed by atoms with Crippen LogP contribution in [0.25, 0.3) is 0 Å². The molecule has 102 valence electrons. The Bertz CT molecular complexity index is 376. The zero-order chi connectivity index (χ0) is 13.1. The van der Waals surface area contributed by atoms with Crippen molar-refractivity contribution < 1.29 is 5.11 Å². The highest BCUT2D eigenvalue weighted by atomic mass is 32.1. The van der Waals surface area contributed by atoms with Gasteiger partial charge in [-0.2, -0.15) is 0 Å². The maximum absolute atomic E-state index is 9.56. The van der Waals surface area contributed by atoms with Gasteiger partial charge in [0.05, 0.1) is 11.0 Å². The molecule has 1 fully saturated rings. The summed E-state index contributed by atoms with van der Waals surface area (Å²) in [5, 5.41) is 10.6. The van der Waals surface area contributed by atoms with E-state index in [1.807, 2.05) is 6.20 Å². The maximum atomic E-state index is 9.56. The van der Waals surface area contributed by atoms with Crippen molar-refractivity contribution in [2.45, 2.75) is 46.1 Å². The van der Waals surface area contributed by atoms with Crippen LogP contribution in [0.2, 0.25) is 0 Å². The van der Waals surface area contributed by atoms with Gasteiger partial charge in [0.1, 0.15) is 0 Å². The summed E-state index contributed by atoms with van der Waals surface area (Å²) in [6.45, 7) is 8.67. The number of nitrogens with zero attached hydrogens (tertiary/aromatic N) is 2. The van der Waals surface area contributed by atoms with Gasteiger partial charge in [0.2, 0.25) is 0 Å². The molecule has 1 aromatic heterocycles. The Kier molecular flexibility index (Phi) is 4.62. The van der Waals surface area contributed by atoms with Gasteiger partial charge in [-0.05, 0) is 38.0 Å². The van der Waals surface area contributed by atoms with Gasteiger partial charge in [0.15, 0.2) is 5.13 Å². The number of thiazole rings is 1. The lowest BCUT2D eigenvalue weighted by molar-refractivity contribution is 0.203. The molecule has 4 heteroatoms. The van der Waals surface area contributed by atoms with Crippen LogP contribution in [0.15, 0.2) is 6.20 Å². The highest BCUT2D eigenvalue weighted by Crippen LogP contribution is 2.31. The van der Waals surface area contributed by atoms with Crippen LogP contribution in [0.3, 0.4) is 0 Å². The van der Waals surface area contributed by atoms with E-state index in [1.54, 1.807) is 18.3 Å². The lowest BCUT2D eigenvalue weighted by Crippen LogP contribution is -2.24. The summed E-state index contributed by atoms with van der Waals surface area (Å²) in [5.41, 5.74) is 0. The first kappa shape index (κ1) is 13.8. The van der Waals surface area contributed by atoms with Crippen molar-refractivity contribution in [3.63, 3.8) is 0 Å². The van der Waals surface area contributed by atoms with Crippen LogP contribution < -0.4 is 4.90 Å². The van der Waals surface area contributed by atoms with E-state index in [0.29, 0.717) is 0 Å². The fourth-order valence-electron chi connectivity index (χ4n) is 2.60. The van der Waals surface area contributed by atoms with Crippen molar-refractivity contribution in [1.82, 2.24) is 4.98 Å². The minimum atomic E-state index is -0.397. The van der Waals surface area contributed by atoms with Crippen molar-refractivity contribution >= 4 is 16.5 Å². The third-order valence-electron chi connectivity index (χ3n) is 3.91. The fourth-order valence-corrected chi connectivity index (χ4v) is 3.50. The van der Waals surface area contributed by atoms with Crippen molar-refractivity contribution in [2.75, 3.05) is 18.0 Å². The smallest absolute Gasteiger partial charge is 0.185 e. The number of aliphatic hydroxyl groups is 1. The molecule has 1 aliphatic rings. The Morgan fingerprint density at radius 3 is 2.72 bits per heavy atom. The quantitative estimate of drug-likeness (QED) is 0.912. The molecular weight excluding hydrogens is 244 g/mol. The molecule has 0 spiro atoms. The minimum absolute atomic E-state index is 0.397. The van der Waals surface area contributed by atoms with Crippen molar-refractivity contribution in [2.24, 2.45) is 11.8 Å². The second-order valence-corrected chi connectivity index (χ2v) is 6.68. The number of hydrogen-bond acceptors (Lipinski definition) is 4. The minimum Gasteiger partial charge on any atom is -0.388 e. The maximum Gasteiger partial charge on any atom is 0.185 e. The molecule has 2 rings (SSSR count). The molecule has 2 heterocycles. The van der Waals surface area contributed by atoms with Gasteiger partial charge in [0.25, 0.3) is 0 Å². The van der Waals surface area contributed by atoms with Crippen molar-refractivity contribution in [3.05, 3.63) is 11.1 Å². The molecule has 0 aromatic carbocycles. The van der Waals surface area contributed by atoms with E-state index in [-0.39, 0.29) is 0 Å². The van der Waals surface area contributed by atoms with E-state index in [1.165, 1.54) is 19.3 Å². The van der Waals surface area contributed by atoms with Gasteiger partial charge >= 0.3 is 0 Å². The predicted molar refractivity (Wildman–Crippen MR) is 77.1 cm³/mol. The molecular formula is C14H24N2OS. The lowest BCUT2D eigenvalue weighted by Gasteiger charge is -2.20. The monoisotopic (exact) mass is 268 g/mol. The molecule has 18 heavy (non-hydrogen) atoms. The summed E-state index contributed by atoms with van der Waals surface area (Å²) in [7, 11) is 0. The fraction of sp³-hybridized carbons (Fsp3) is 0.786. The Hall–Kier alpha value is -0.610. The van der Waals surface area contributed by atoms with Crippen LogP contribution in [0.4, 0.5) is 5.13 Å². The lowest BCUT2D eigenvalue weighted by atomic mass is 9.89. The summed E-state index contributed by atoms with van der Waals surface area (Å²) < 4.78 is 0. The molecule has 0 saturated carbocycles. The summed E-state index contributed by atoms with van der Waals surface area (Å²) in [6.07, 6.45) is 5.28. The number of aromatic nitrogens is 1. The Morgan fingerprint density at radius 2 is 2.11 bits per heavy atom. The van der Waals surface area contributed by atoms with E-state index in [2.05, 4.69) is 23.7 Å². The van der Waals surface area contributed by atoms with Gasteiger partial charge < -0.3 is 10.0 Å². The normalized spacial score (nSPS) is 23.2. The average molecular weight is 268 g/mol. The second kappa shape index (κ2) is 6.02. The molecule has 3 nitrogen and oxygen atoms in total. The topological polar surface area (TPSA) is 36.4 Å². The standard InChI is InChI=1S/C14H24N2OS/c1-10(2)12-5-4-7-16(8-6-12)14-15-9-13(18-14)11(3)17/h9-12,17H,4-8H2,1-3H3. The Labute approximate surface area is 114 Å². The first-order valence-corrected chi connectivity index (χ1v) is 7.78. The highest BCUT2D eigenvalue weighted by Gasteiger charge is 2.21. The molecule has 1 aliphatic heterocycles. The predicted octanol–water partition coefficient (Wildman–Crippen LogP) is 3.46. The van der Waals surface area contributed by atoms with Crippen LogP contribution in [-0.4, -0.2) is 23.2 Å². The van der Waals surface area contributed by atoms with E-state index in [4.69, 9.17) is 0 Å². The SMILES string of the molecule is CC(O)c1cnc(N2CCCC(C(C)C)CC2)s1. The van der Waals surface area contributed by atoms with Crippen LogP contribution in [0.1, 0.15) is 51.0 Å².